The third kappa shape index (κ3) is 6.05. The van der Waals surface area contributed by atoms with E-state index < -0.39 is 17.7 Å². The van der Waals surface area contributed by atoms with Crippen molar-refractivity contribution >= 4 is 11.6 Å². The Morgan fingerprint density at radius 1 is 1.10 bits per heavy atom. The molecular weight excluding hydrogens is 378 g/mol. The number of likely N-dealkylation sites (N-methyl/N-ethyl adjacent to an activating group) is 1. The highest BCUT2D eigenvalue weighted by molar-refractivity contribution is 5.94. The number of aliphatic imine (C=N–C) groups is 1. The number of nitrogens with two attached hydrogens (primary N) is 1. The van der Waals surface area contributed by atoms with Gasteiger partial charge >= 0.3 is 0 Å². The van der Waals surface area contributed by atoms with Crippen molar-refractivity contribution in [3.05, 3.63) is 53.6 Å². The number of nitrogens with one attached hydrogen (secondary N) is 1. The molecule has 0 amide bonds. The van der Waals surface area contributed by atoms with E-state index in [2.05, 4.69) is 10.3 Å². The van der Waals surface area contributed by atoms with Gasteiger partial charge < -0.3 is 25.4 Å². The number of hydrogen-bond acceptors (Lipinski definition) is 4. The van der Waals surface area contributed by atoms with Crippen molar-refractivity contribution in [1.82, 2.24) is 4.90 Å². The van der Waals surface area contributed by atoms with Gasteiger partial charge in [-0.1, -0.05) is 6.07 Å². The van der Waals surface area contributed by atoms with Crippen molar-refractivity contribution in [2.75, 3.05) is 39.2 Å². The molecule has 1 unspecified atom stereocenters. The van der Waals surface area contributed by atoms with Crippen LogP contribution < -0.4 is 20.5 Å². The van der Waals surface area contributed by atoms with Crippen LogP contribution >= 0.6 is 0 Å². The van der Waals surface area contributed by atoms with Crippen molar-refractivity contribution in [1.29, 1.82) is 0 Å². The fraction of sp³-hybridized carbons (Fsp3) is 0.381. The van der Waals surface area contributed by atoms with Crippen LogP contribution in [0.1, 0.15) is 25.5 Å². The van der Waals surface area contributed by atoms with Gasteiger partial charge in [-0.2, -0.15) is 0 Å². The number of benzene rings is 2. The van der Waals surface area contributed by atoms with Crippen molar-refractivity contribution in [2.45, 2.75) is 19.9 Å². The molecule has 0 bridgehead atoms. The first kappa shape index (κ1) is 22.4. The summed E-state index contributed by atoms with van der Waals surface area (Å²) in [4.78, 5) is 5.98. The largest absolute Gasteiger partial charge is 0.494 e. The molecule has 1 atom stereocenters. The van der Waals surface area contributed by atoms with Crippen LogP contribution in [0.3, 0.4) is 0 Å². The van der Waals surface area contributed by atoms with E-state index in [1.54, 1.807) is 37.2 Å². The number of halogens is 2. The molecule has 2 aromatic rings. The Morgan fingerprint density at radius 3 is 2.34 bits per heavy atom. The van der Waals surface area contributed by atoms with Crippen LogP contribution in [0.15, 0.2) is 41.4 Å². The number of rotatable bonds is 9. The van der Waals surface area contributed by atoms with Gasteiger partial charge in [0.1, 0.15) is 23.1 Å². The smallest absolute Gasteiger partial charge is 0.193 e. The van der Waals surface area contributed by atoms with E-state index in [-0.39, 0.29) is 18.1 Å². The lowest BCUT2D eigenvalue weighted by Crippen LogP contribution is -2.28. The second-order valence-electron chi connectivity index (χ2n) is 6.49. The predicted molar refractivity (Wildman–Crippen MR) is 112 cm³/mol. The summed E-state index contributed by atoms with van der Waals surface area (Å²) in [6.07, 6.45) is 0. The molecule has 2 rings (SSSR count). The third-order valence-electron chi connectivity index (χ3n) is 4.22. The standard InChI is InChI=1S/C21H28F2N4O2/c1-5-28-14-10-11-19(29-6-2)17(12-14)26-21(24)25-13-18(27(3)4)20-15(22)8-7-9-16(20)23/h7-12,18H,5-6,13H2,1-4H3,(H3,24,25,26). The van der Waals surface area contributed by atoms with Gasteiger partial charge in [0.2, 0.25) is 0 Å². The Balaban J connectivity index is 2.23. The van der Waals surface area contributed by atoms with E-state index in [0.29, 0.717) is 30.4 Å². The van der Waals surface area contributed by atoms with Gasteiger partial charge in [0.05, 0.1) is 31.5 Å². The summed E-state index contributed by atoms with van der Waals surface area (Å²) in [5.74, 6) is 0.120. The van der Waals surface area contributed by atoms with Crippen LogP contribution in [-0.2, 0) is 0 Å². The minimum atomic E-state index is -0.617. The Hall–Kier alpha value is -2.87. The summed E-state index contributed by atoms with van der Waals surface area (Å²) in [6, 6.07) is 8.52. The Bertz CT molecular complexity index is 823. The Kier molecular flexibility index (Phi) is 8.21. The number of anilines is 1. The molecular formula is C21H28F2N4O2. The van der Waals surface area contributed by atoms with E-state index in [1.165, 1.54) is 18.2 Å². The number of hydrogen-bond donors (Lipinski definition) is 2. The minimum Gasteiger partial charge on any atom is -0.494 e. The van der Waals surface area contributed by atoms with Crippen molar-refractivity contribution in [3.8, 4) is 11.5 Å². The lowest BCUT2D eigenvalue weighted by molar-refractivity contribution is 0.290. The van der Waals surface area contributed by atoms with E-state index in [9.17, 15) is 8.78 Å². The molecule has 0 fully saturated rings. The average molecular weight is 406 g/mol. The fourth-order valence-electron chi connectivity index (χ4n) is 2.85. The molecule has 6 nitrogen and oxygen atoms in total. The quantitative estimate of drug-likeness (QED) is 0.490. The van der Waals surface area contributed by atoms with Gasteiger partial charge in [0.15, 0.2) is 5.96 Å². The molecule has 0 aliphatic heterocycles. The molecule has 2 aromatic carbocycles. The topological polar surface area (TPSA) is 72.1 Å². The molecule has 0 heterocycles. The van der Waals surface area contributed by atoms with Crippen molar-refractivity contribution in [3.63, 3.8) is 0 Å². The van der Waals surface area contributed by atoms with Crippen LogP contribution in [0.5, 0.6) is 11.5 Å². The highest BCUT2D eigenvalue weighted by atomic mass is 19.1. The lowest BCUT2D eigenvalue weighted by Gasteiger charge is -2.24. The third-order valence-corrected chi connectivity index (χ3v) is 4.22. The first-order chi connectivity index (χ1) is 13.9. The van der Waals surface area contributed by atoms with Crippen LogP contribution in [0, 0.1) is 11.6 Å². The summed E-state index contributed by atoms with van der Waals surface area (Å²) in [6.45, 7) is 4.84. The Labute approximate surface area is 170 Å². The summed E-state index contributed by atoms with van der Waals surface area (Å²) in [7, 11) is 3.46. The van der Waals surface area contributed by atoms with Gasteiger partial charge in [-0.3, -0.25) is 4.99 Å². The molecule has 3 N–H and O–H groups in total. The first-order valence-electron chi connectivity index (χ1n) is 9.44. The van der Waals surface area contributed by atoms with E-state index in [1.807, 2.05) is 13.8 Å². The highest BCUT2D eigenvalue weighted by Gasteiger charge is 2.22. The van der Waals surface area contributed by atoms with Crippen LogP contribution in [0.25, 0.3) is 0 Å². The van der Waals surface area contributed by atoms with Crippen molar-refractivity contribution < 1.29 is 18.3 Å². The fourth-order valence-corrected chi connectivity index (χ4v) is 2.85. The molecule has 0 aromatic heterocycles. The monoisotopic (exact) mass is 406 g/mol. The van der Waals surface area contributed by atoms with Gasteiger partial charge in [-0.15, -0.1) is 0 Å². The molecule has 158 valence electrons. The normalized spacial score (nSPS) is 12.7. The van der Waals surface area contributed by atoms with Gasteiger partial charge in [-0.05, 0) is 52.2 Å². The zero-order chi connectivity index (χ0) is 21.4. The summed E-state index contributed by atoms with van der Waals surface area (Å²) < 4.78 is 39.5. The second kappa shape index (κ2) is 10.6. The zero-order valence-electron chi connectivity index (χ0n) is 17.2. The maximum absolute atomic E-state index is 14.2. The molecule has 0 saturated heterocycles. The van der Waals surface area contributed by atoms with Crippen LogP contribution in [-0.4, -0.2) is 44.7 Å². The first-order valence-corrected chi connectivity index (χ1v) is 9.44. The molecule has 0 radical (unpaired) electrons. The van der Waals surface area contributed by atoms with Crippen molar-refractivity contribution in [2.24, 2.45) is 10.7 Å². The van der Waals surface area contributed by atoms with Crippen LogP contribution in [0.2, 0.25) is 0 Å². The molecule has 0 aliphatic rings. The Morgan fingerprint density at radius 2 is 1.76 bits per heavy atom. The summed E-state index contributed by atoms with van der Waals surface area (Å²) in [5, 5.41) is 2.99. The maximum atomic E-state index is 14.2. The van der Waals surface area contributed by atoms with Gasteiger partial charge in [-0.25, -0.2) is 8.78 Å². The molecule has 0 saturated carbocycles. The number of nitrogens with zero attached hydrogens (tertiary/aromatic N) is 2. The van der Waals surface area contributed by atoms with Crippen LogP contribution in [0.4, 0.5) is 14.5 Å². The van der Waals surface area contributed by atoms with E-state index in [0.717, 1.165) is 0 Å². The molecule has 0 aliphatic carbocycles. The molecule has 0 spiro atoms. The predicted octanol–water partition coefficient (Wildman–Crippen LogP) is 3.79. The summed E-state index contributed by atoms with van der Waals surface area (Å²) >= 11 is 0. The van der Waals surface area contributed by atoms with E-state index >= 15 is 0 Å². The highest BCUT2D eigenvalue weighted by Crippen LogP contribution is 2.29. The second-order valence-corrected chi connectivity index (χ2v) is 6.49. The maximum Gasteiger partial charge on any atom is 0.193 e. The minimum absolute atomic E-state index is 0.0394. The van der Waals surface area contributed by atoms with Gasteiger partial charge in [0.25, 0.3) is 0 Å². The SMILES string of the molecule is CCOc1ccc(OCC)c(NC(N)=NCC(c2c(F)cccc2F)N(C)C)c1. The summed E-state index contributed by atoms with van der Waals surface area (Å²) in [5.41, 5.74) is 6.59. The zero-order valence-corrected chi connectivity index (χ0v) is 17.2. The number of guanidine groups is 1. The van der Waals surface area contributed by atoms with E-state index in [4.69, 9.17) is 15.2 Å². The van der Waals surface area contributed by atoms with Gasteiger partial charge in [0, 0.05) is 11.6 Å². The average Bonchev–Trinajstić information content (AvgIpc) is 2.66. The molecule has 8 heteroatoms. The number of ether oxygens (including phenoxy) is 2. The molecule has 29 heavy (non-hydrogen) atoms. The lowest BCUT2D eigenvalue weighted by atomic mass is 10.0.